The van der Waals surface area contributed by atoms with Gasteiger partial charge in [0.05, 0.1) is 0 Å². The average molecular weight is 163 g/mol. The van der Waals surface area contributed by atoms with E-state index in [4.69, 9.17) is 5.73 Å². The number of hydrogen-bond donors (Lipinski definition) is 1. The molecule has 1 aromatic rings. The van der Waals surface area contributed by atoms with Crippen LogP contribution in [0, 0.1) is 6.92 Å². The number of nitrogens with two attached hydrogens (primary N) is 1. The lowest BCUT2D eigenvalue weighted by molar-refractivity contribution is 0.796. The predicted octanol–water partition coefficient (Wildman–Crippen LogP) is 2.92. The maximum absolute atomic E-state index is 5.92. The Bertz CT molecular complexity index is 253. The summed E-state index contributed by atoms with van der Waals surface area (Å²) in [6.45, 7) is 4.26. The third kappa shape index (κ3) is 2.00. The van der Waals surface area contributed by atoms with Gasteiger partial charge < -0.3 is 5.73 Å². The van der Waals surface area contributed by atoms with Gasteiger partial charge in [0.2, 0.25) is 0 Å². The van der Waals surface area contributed by atoms with Gasteiger partial charge in [-0.05, 0) is 30.9 Å². The highest BCUT2D eigenvalue weighted by atomic mass is 14.6. The molecule has 0 spiro atoms. The molecule has 66 valence electrons. The highest BCUT2D eigenvalue weighted by Gasteiger charge is 1.99. The van der Waals surface area contributed by atoms with Crippen molar-refractivity contribution in [3.63, 3.8) is 0 Å². The monoisotopic (exact) mass is 163 g/mol. The van der Waals surface area contributed by atoms with Crippen molar-refractivity contribution < 1.29 is 0 Å². The van der Waals surface area contributed by atoms with E-state index < -0.39 is 0 Å². The van der Waals surface area contributed by atoms with Crippen molar-refractivity contribution in [1.82, 2.24) is 0 Å². The van der Waals surface area contributed by atoms with Crippen molar-refractivity contribution in [2.24, 2.45) is 0 Å². The minimum absolute atomic E-state index is 0.978. The summed E-state index contributed by atoms with van der Waals surface area (Å²) < 4.78 is 0. The van der Waals surface area contributed by atoms with Gasteiger partial charge in [0.1, 0.15) is 0 Å². The molecule has 0 saturated carbocycles. The highest BCUT2D eigenvalue weighted by molar-refractivity contribution is 5.53. The first kappa shape index (κ1) is 9.11. The van der Waals surface area contributed by atoms with E-state index in [9.17, 15) is 0 Å². The van der Waals surface area contributed by atoms with E-state index in [1.807, 2.05) is 0 Å². The van der Waals surface area contributed by atoms with Crippen LogP contribution in [-0.2, 0) is 6.42 Å². The number of benzene rings is 1. The van der Waals surface area contributed by atoms with Gasteiger partial charge in [-0.3, -0.25) is 0 Å². The summed E-state index contributed by atoms with van der Waals surface area (Å²) in [6, 6.07) is 6.26. The van der Waals surface area contributed by atoms with Crippen molar-refractivity contribution in [2.45, 2.75) is 33.1 Å². The summed E-state index contributed by atoms with van der Waals surface area (Å²) in [6.07, 6.45) is 3.57. The average Bonchev–Trinajstić information content (AvgIpc) is 2.08. The number of para-hydroxylation sites is 1. The number of anilines is 1. The lowest BCUT2D eigenvalue weighted by Crippen LogP contribution is -1.96. The predicted molar refractivity (Wildman–Crippen MR) is 54.2 cm³/mol. The van der Waals surface area contributed by atoms with Gasteiger partial charge in [-0.15, -0.1) is 0 Å². The lowest BCUT2D eigenvalue weighted by atomic mass is 10.0. The van der Waals surface area contributed by atoms with Crippen LogP contribution in [0.2, 0.25) is 0 Å². The minimum Gasteiger partial charge on any atom is -0.398 e. The summed E-state index contributed by atoms with van der Waals surface area (Å²) in [5.74, 6) is 0. The van der Waals surface area contributed by atoms with Crippen molar-refractivity contribution in [2.75, 3.05) is 5.73 Å². The Morgan fingerprint density at radius 1 is 1.33 bits per heavy atom. The fourth-order valence-electron chi connectivity index (χ4n) is 1.33. The van der Waals surface area contributed by atoms with Gasteiger partial charge in [0.15, 0.2) is 0 Å². The summed E-state index contributed by atoms with van der Waals surface area (Å²) in [4.78, 5) is 0. The molecule has 0 aliphatic rings. The number of unbranched alkanes of at least 4 members (excludes halogenated alkanes) is 1. The third-order valence-corrected chi connectivity index (χ3v) is 2.21. The second-order valence-corrected chi connectivity index (χ2v) is 3.25. The zero-order valence-electron chi connectivity index (χ0n) is 7.93. The molecule has 0 amide bonds. The standard InChI is InChI=1S/C11H17N/c1-3-4-7-10-8-5-6-9(2)11(10)12/h5-6,8H,3-4,7,12H2,1-2H3. The number of nitrogen functional groups attached to an aromatic ring is 1. The van der Waals surface area contributed by atoms with E-state index in [2.05, 4.69) is 32.0 Å². The van der Waals surface area contributed by atoms with E-state index in [1.54, 1.807) is 0 Å². The van der Waals surface area contributed by atoms with Crippen molar-refractivity contribution in [1.29, 1.82) is 0 Å². The van der Waals surface area contributed by atoms with Gasteiger partial charge in [0, 0.05) is 5.69 Å². The Kier molecular flexibility index (Phi) is 3.15. The Morgan fingerprint density at radius 3 is 2.75 bits per heavy atom. The molecule has 1 rings (SSSR count). The molecule has 2 N–H and O–H groups in total. The van der Waals surface area contributed by atoms with Crippen LogP contribution in [0.5, 0.6) is 0 Å². The molecule has 0 saturated heterocycles. The quantitative estimate of drug-likeness (QED) is 0.681. The first-order valence-electron chi connectivity index (χ1n) is 4.59. The zero-order chi connectivity index (χ0) is 8.97. The summed E-state index contributed by atoms with van der Waals surface area (Å²) in [7, 11) is 0. The molecule has 12 heavy (non-hydrogen) atoms. The minimum atomic E-state index is 0.978. The molecule has 0 bridgehead atoms. The van der Waals surface area contributed by atoms with Gasteiger partial charge >= 0.3 is 0 Å². The van der Waals surface area contributed by atoms with Gasteiger partial charge in [-0.2, -0.15) is 0 Å². The fourth-order valence-corrected chi connectivity index (χ4v) is 1.33. The Morgan fingerprint density at radius 2 is 2.08 bits per heavy atom. The molecule has 1 aromatic carbocycles. The zero-order valence-corrected chi connectivity index (χ0v) is 7.93. The second kappa shape index (κ2) is 4.15. The topological polar surface area (TPSA) is 26.0 Å². The van der Waals surface area contributed by atoms with Gasteiger partial charge in [-0.1, -0.05) is 31.5 Å². The van der Waals surface area contributed by atoms with E-state index in [0.717, 1.165) is 12.1 Å². The largest absolute Gasteiger partial charge is 0.398 e. The molecule has 0 aliphatic heterocycles. The number of aryl methyl sites for hydroxylation is 2. The maximum atomic E-state index is 5.92. The number of hydrogen-bond acceptors (Lipinski definition) is 1. The van der Waals surface area contributed by atoms with Crippen LogP contribution >= 0.6 is 0 Å². The molecule has 0 aliphatic carbocycles. The van der Waals surface area contributed by atoms with Gasteiger partial charge in [0.25, 0.3) is 0 Å². The summed E-state index contributed by atoms with van der Waals surface area (Å²) >= 11 is 0. The molecule has 1 nitrogen and oxygen atoms in total. The molecular formula is C11H17N. The van der Waals surface area contributed by atoms with E-state index in [0.29, 0.717) is 0 Å². The first-order valence-corrected chi connectivity index (χ1v) is 4.59. The normalized spacial score (nSPS) is 10.2. The highest BCUT2D eigenvalue weighted by Crippen LogP contribution is 2.18. The smallest absolute Gasteiger partial charge is 0.0376 e. The molecule has 0 aromatic heterocycles. The molecule has 0 heterocycles. The number of rotatable bonds is 3. The van der Waals surface area contributed by atoms with Crippen LogP contribution in [0.15, 0.2) is 18.2 Å². The van der Waals surface area contributed by atoms with Crippen LogP contribution < -0.4 is 5.73 Å². The fraction of sp³-hybridized carbons (Fsp3) is 0.455. The maximum Gasteiger partial charge on any atom is 0.0376 e. The van der Waals surface area contributed by atoms with Gasteiger partial charge in [-0.25, -0.2) is 0 Å². The third-order valence-electron chi connectivity index (χ3n) is 2.21. The molecule has 0 fully saturated rings. The van der Waals surface area contributed by atoms with E-state index >= 15 is 0 Å². The molecule has 0 unspecified atom stereocenters. The molecule has 0 atom stereocenters. The van der Waals surface area contributed by atoms with E-state index in [1.165, 1.54) is 24.0 Å². The van der Waals surface area contributed by atoms with Crippen molar-refractivity contribution in [3.8, 4) is 0 Å². The first-order chi connectivity index (χ1) is 5.75. The Hall–Kier alpha value is -0.980. The van der Waals surface area contributed by atoms with Crippen LogP contribution in [0.4, 0.5) is 5.69 Å². The Labute approximate surface area is 74.6 Å². The van der Waals surface area contributed by atoms with Crippen LogP contribution in [0.3, 0.4) is 0 Å². The van der Waals surface area contributed by atoms with Crippen LogP contribution in [0.25, 0.3) is 0 Å². The van der Waals surface area contributed by atoms with Crippen molar-refractivity contribution in [3.05, 3.63) is 29.3 Å². The molecular weight excluding hydrogens is 146 g/mol. The molecule has 1 heteroatoms. The Balaban J connectivity index is 2.78. The lowest BCUT2D eigenvalue weighted by Gasteiger charge is -2.06. The summed E-state index contributed by atoms with van der Waals surface area (Å²) in [5.41, 5.74) is 9.40. The second-order valence-electron chi connectivity index (χ2n) is 3.25. The van der Waals surface area contributed by atoms with Crippen molar-refractivity contribution >= 4 is 5.69 Å². The van der Waals surface area contributed by atoms with E-state index in [-0.39, 0.29) is 0 Å². The van der Waals surface area contributed by atoms with Crippen LogP contribution in [0.1, 0.15) is 30.9 Å². The van der Waals surface area contributed by atoms with Crippen LogP contribution in [-0.4, -0.2) is 0 Å². The SMILES string of the molecule is CCCCc1cccc(C)c1N. The molecule has 0 radical (unpaired) electrons. The summed E-state index contributed by atoms with van der Waals surface area (Å²) in [5, 5.41) is 0.